The highest BCUT2D eigenvalue weighted by Crippen LogP contribution is 2.43. The van der Waals surface area contributed by atoms with Crippen molar-refractivity contribution in [1.29, 1.82) is 0 Å². The smallest absolute Gasteiger partial charge is 0.141 e. The van der Waals surface area contributed by atoms with Gasteiger partial charge in [-0.3, -0.25) is 4.79 Å². The van der Waals surface area contributed by atoms with Gasteiger partial charge in [0.05, 0.1) is 11.0 Å². The van der Waals surface area contributed by atoms with E-state index in [2.05, 4.69) is 0 Å². The quantitative estimate of drug-likeness (QED) is 0.652. The highest BCUT2D eigenvalue weighted by Gasteiger charge is 2.48. The van der Waals surface area contributed by atoms with Crippen molar-refractivity contribution in [2.75, 3.05) is 0 Å². The van der Waals surface area contributed by atoms with Crippen molar-refractivity contribution in [3.8, 4) is 0 Å². The van der Waals surface area contributed by atoms with Crippen LogP contribution < -0.4 is 0 Å². The van der Waals surface area contributed by atoms with Crippen molar-refractivity contribution in [1.82, 2.24) is 0 Å². The van der Waals surface area contributed by atoms with Crippen LogP contribution in [0, 0.1) is 5.41 Å². The zero-order valence-corrected chi connectivity index (χ0v) is 8.18. The first kappa shape index (κ1) is 9.72. The molecule has 12 heavy (non-hydrogen) atoms. The number of Topliss-reactive ketones (excluding diaryl/α,β-unsaturated/α-hetero) is 1. The number of carbonyl (C=O) groups excluding carboxylic acids is 1. The van der Waals surface area contributed by atoms with Crippen LogP contribution in [0.4, 0.5) is 0 Å². The number of hydrogen-bond acceptors (Lipinski definition) is 2. The van der Waals surface area contributed by atoms with Crippen LogP contribution in [0.5, 0.6) is 0 Å². The minimum atomic E-state index is -0.762. The molecule has 0 spiro atoms. The third-order valence-electron chi connectivity index (χ3n) is 3.44. The Kier molecular flexibility index (Phi) is 2.30. The zero-order chi connectivity index (χ0) is 9.41. The molecule has 1 rings (SSSR count). The second-order valence-corrected chi connectivity index (χ2v) is 4.29. The normalized spacial score (nSPS) is 35.2. The molecule has 1 saturated carbocycles. The first-order valence-electron chi connectivity index (χ1n) is 4.70. The minimum Gasteiger partial charge on any atom is -0.389 e. The molecule has 0 aromatic carbocycles. The average molecular weight is 170 g/mol. The SMILES string of the molecule is CCC1(O)CCCC(=O)C1(C)C. The molecular weight excluding hydrogens is 152 g/mol. The molecule has 0 aromatic heterocycles. The molecule has 1 aliphatic carbocycles. The standard InChI is InChI=1S/C10H18O2/c1-4-10(12)7-5-6-8(11)9(10,2)3/h12H,4-7H2,1-3H3. The summed E-state index contributed by atoms with van der Waals surface area (Å²) in [6, 6.07) is 0. The van der Waals surface area contributed by atoms with Gasteiger partial charge in [0.15, 0.2) is 0 Å². The Morgan fingerprint density at radius 3 is 2.50 bits per heavy atom. The Bertz CT molecular complexity index is 196. The summed E-state index contributed by atoms with van der Waals surface area (Å²) in [4.78, 5) is 11.5. The lowest BCUT2D eigenvalue weighted by atomic mass is 9.63. The molecule has 0 aliphatic heterocycles. The lowest BCUT2D eigenvalue weighted by Crippen LogP contribution is -2.51. The van der Waals surface area contributed by atoms with Gasteiger partial charge < -0.3 is 5.11 Å². The van der Waals surface area contributed by atoms with E-state index in [9.17, 15) is 9.90 Å². The monoisotopic (exact) mass is 170 g/mol. The molecule has 1 atom stereocenters. The van der Waals surface area contributed by atoms with Gasteiger partial charge in [0.1, 0.15) is 5.78 Å². The molecular formula is C10H18O2. The molecule has 1 fully saturated rings. The van der Waals surface area contributed by atoms with Gasteiger partial charge >= 0.3 is 0 Å². The maximum atomic E-state index is 11.5. The van der Waals surface area contributed by atoms with E-state index in [1.165, 1.54) is 0 Å². The lowest BCUT2D eigenvalue weighted by molar-refractivity contribution is -0.152. The molecule has 0 saturated heterocycles. The molecule has 0 aromatic rings. The average Bonchev–Trinajstić information content (AvgIpc) is 2.01. The van der Waals surface area contributed by atoms with Crippen LogP contribution in [0.25, 0.3) is 0 Å². The Balaban J connectivity index is 2.94. The van der Waals surface area contributed by atoms with E-state index in [1.54, 1.807) is 0 Å². The van der Waals surface area contributed by atoms with Crippen LogP contribution in [-0.2, 0) is 4.79 Å². The number of hydrogen-bond donors (Lipinski definition) is 1. The van der Waals surface area contributed by atoms with Crippen LogP contribution >= 0.6 is 0 Å². The third-order valence-corrected chi connectivity index (χ3v) is 3.44. The van der Waals surface area contributed by atoms with Gasteiger partial charge in [-0.25, -0.2) is 0 Å². The first-order chi connectivity index (χ1) is 5.44. The zero-order valence-electron chi connectivity index (χ0n) is 8.18. The fourth-order valence-corrected chi connectivity index (χ4v) is 2.04. The van der Waals surface area contributed by atoms with Crippen LogP contribution in [0.2, 0.25) is 0 Å². The van der Waals surface area contributed by atoms with Gasteiger partial charge in [-0.15, -0.1) is 0 Å². The molecule has 0 amide bonds. The van der Waals surface area contributed by atoms with E-state index in [0.29, 0.717) is 12.8 Å². The number of ketones is 1. The summed E-state index contributed by atoms with van der Waals surface area (Å²) in [7, 11) is 0. The summed E-state index contributed by atoms with van der Waals surface area (Å²) in [6.45, 7) is 5.66. The predicted molar refractivity (Wildman–Crippen MR) is 47.9 cm³/mol. The number of carbonyl (C=O) groups is 1. The molecule has 1 N–H and O–H groups in total. The fraction of sp³-hybridized carbons (Fsp3) is 0.900. The van der Waals surface area contributed by atoms with Crippen LogP contribution in [-0.4, -0.2) is 16.5 Å². The van der Waals surface area contributed by atoms with Crippen LogP contribution in [0.3, 0.4) is 0 Å². The van der Waals surface area contributed by atoms with E-state index in [0.717, 1.165) is 12.8 Å². The summed E-state index contributed by atoms with van der Waals surface area (Å²) in [5, 5.41) is 10.2. The Labute approximate surface area is 74.0 Å². The summed E-state index contributed by atoms with van der Waals surface area (Å²) >= 11 is 0. The van der Waals surface area contributed by atoms with Gasteiger partial charge in [0.25, 0.3) is 0 Å². The van der Waals surface area contributed by atoms with Gasteiger partial charge in [-0.2, -0.15) is 0 Å². The van der Waals surface area contributed by atoms with E-state index >= 15 is 0 Å². The summed E-state index contributed by atoms with van der Waals surface area (Å²) in [5.41, 5.74) is -1.30. The van der Waals surface area contributed by atoms with Gasteiger partial charge in [0.2, 0.25) is 0 Å². The maximum Gasteiger partial charge on any atom is 0.141 e. The van der Waals surface area contributed by atoms with E-state index in [-0.39, 0.29) is 5.78 Å². The second-order valence-electron chi connectivity index (χ2n) is 4.29. The van der Waals surface area contributed by atoms with Gasteiger partial charge in [0, 0.05) is 6.42 Å². The molecule has 0 bridgehead atoms. The van der Waals surface area contributed by atoms with Crippen molar-refractivity contribution in [3.05, 3.63) is 0 Å². The topological polar surface area (TPSA) is 37.3 Å². The van der Waals surface area contributed by atoms with Crippen LogP contribution in [0.1, 0.15) is 46.5 Å². The fourth-order valence-electron chi connectivity index (χ4n) is 2.04. The highest BCUT2D eigenvalue weighted by molar-refractivity contribution is 5.86. The third kappa shape index (κ3) is 1.18. The van der Waals surface area contributed by atoms with Crippen molar-refractivity contribution >= 4 is 5.78 Å². The van der Waals surface area contributed by atoms with Gasteiger partial charge in [-0.1, -0.05) is 20.8 Å². The largest absolute Gasteiger partial charge is 0.389 e. The Morgan fingerprint density at radius 2 is 2.08 bits per heavy atom. The molecule has 0 heterocycles. The lowest BCUT2D eigenvalue weighted by Gasteiger charge is -2.44. The van der Waals surface area contributed by atoms with Gasteiger partial charge in [-0.05, 0) is 19.3 Å². The summed E-state index contributed by atoms with van der Waals surface area (Å²) < 4.78 is 0. The number of rotatable bonds is 1. The highest BCUT2D eigenvalue weighted by atomic mass is 16.3. The summed E-state index contributed by atoms with van der Waals surface area (Å²) in [6.07, 6.45) is 2.91. The molecule has 0 radical (unpaired) electrons. The minimum absolute atomic E-state index is 0.207. The van der Waals surface area contributed by atoms with E-state index in [1.807, 2.05) is 20.8 Å². The molecule has 2 heteroatoms. The van der Waals surface area contributed by atoms with Crippen molar-refractivity contribution in [3.63, 3.8) is 0 Å². The van der Waals surface area contributed by atoms with Crippen LogP contribution in [0.15, 0.2) is 0 Å². The van der Waals surface area contributed by atoms with Crippen molar-refractivity contribution in [2.24, 2.45) is 5.41 Å². The Morgan fingerprint density at radius 1 is 1.50 bits per heavy atom. The van der Waals surface area contributed by atoms with E-state index in [4.69, 9.17) is 0 Å². The molecule has 2 nitrogen and oxygen atoms in total. The molecule has 1 unspecified atom stereocenters. The summed E-state index contributed by atoms with van der Waals surface area (Å²) in [5.74, 6) is 0.207. The molecule has 70 valence electrons. The Hall–Kier alpha value is -0.370. The van der Waals surface area contributed by atoms with Crippen molar-refractivity contribution in [2.45, 2.75) is 52.1 Å². The predicted octanol–water partition coefficient (Wildman–Crippen LogP) is 1.91. The van der Waals surface area contributed by atoms with E-state index < -0.39 is 11.0 Å². The maximum absolute atomic E-state index is 11.5. The van der Waals surface area contributed by atoms with Crippen molar-refractivity contribution < 1.29 is 9.90 Å². The number of aliphatic hydroxyl groups is 1. The first-order valence-corrected chi connectivity index (χ1v) is 4.70. The second kappa shape index (κ2) is 2.84. The molecule has 1 aliphatic rings.